The van der Waals surface area contributed by atoms with Gasteiger partial charge in [-0.1, -0.05) is 12.1 Å². The molecule has 3 rings (SSSR count). The summed E-state index contributed by atoms with van der Waals surface area (Å²) in [5.41, 5.74) is 2.22. The van der Waals surface area contributed by atoms with Gasteiger partial charge < -0.3 is 19.2 Å². The number of H-pyrrole nitrogens is 1. The topological polar surface area (TPSA) is 80.9 Å². The number of benzene rings is 1. The molecule has 0 saturated carbocycles. The first-order valence-corrected chi connectivity index (χ1v) is 10.8. The van der Waals surface area contributed by atoms with Crippen molar-refractivity contribution in [3.8, 4) is 11.5 Å². The number of carbonyl (C=O) groups is 2. The Balaban J connectivity index is 1.62. The van der Waals surface area contributed by atoms with Gasteiger partial charge in [-0.3, -0.25) is 9.69 Å². The molecule has 0 amide bonds. The van der Waals surface area contributed by atoms with Crippen LogP contribution in [0, 0.1) is 13.8 Å². The summed E-state index contributed by atoms with van der Waals surface area (Å²) in [4.78, 5) is 30.4. The van der Waals surface area contributed by atoms with E-state index >= 15 is 0 Å². The molecule has 1 aromatic carbocycles. The summed E-state index contributed by atoms with van der Waals surface area (Å²) in [7, 11) is 1.34. The van der Waals surface area contributed by atoms with Gasteiger partial charge in [0, 0.05) is 18.8 Å². The Morgan fingerprint density at radius 1 is 1.16 bits per heavy atom. The maximum absolute atomic E-state index is 13.2. The average molecular weight is 429 g/mol. The standard InChI is InChI=1S/C24H32N2O5/c1-6-30-19-9-7-8-10-20(19)31-18-11-13-26(14-12-18)17(4)23(27)22-15(2)21(16(3)25-22)24(28)29-5/h7-10,17-18,25H,6,11-14H2,1-5H3. The lowest BCUT2D eigenvalue weighted by Crippen LogP contribution is -2.46. The van der Waals surface area contributed by atoms with E-state index < -0.39 is 5.97 Å². The van der Waals surface area contributed by atoms with E-state index in [0.29, 0.717) is 29.1 Å². The number of hydrogen-bond donors (Lipinski definition) is 1. The van der Waals surface area contributed by atoms with Gasteiger partial charge in [0.15, 0.2) is 17.3 Å². The Morgan fingerprint density at radius 3 is 2.42 bits per heavy atom. The van der Waals surface area contributed by atoms with Crippen LogP contribution in [-0.2, 0) is 4.74 Å². The molecule has 168 valence electrons. The molecule has 1 aromatic heterocycles. The highest BCUT2D eigenvalue weighted by atomic mass is 16.5. The van der Waals surface area contributed by atoms with Crippen LogP contribution in [-0.4, -0.2) is 60.6 Å². The van der Waals surface area contributed by atoms with Crippen LogP contribution in [0.15, 0.2) is 24.3 Å². The molecule has 1 aliphatic rings. The van der Waals surface area contributed by atoms with E-state index in [4.69, 9.17) is 14.2 Å². The van der Waals surface area contributed by atoms with E-state index in [1.54, 1.807) is 13.8 Å². The monoisotopic (exact) mass is 428 g/mol. The predicted octanol–water partition coefficient (Wildman–Crippen LogP) is 3.93. The smallest absolute Gasteiger partial charge is 0.339 e. The second-order valence-electron chi connectivity index (χ2n) is 7.89. The van der Waals surface area contributed by atoms with Gasteiger partial charge in [0.05, 0.1) is 31.0 Å². The lowest BCUT2D eigenvalue weighted by atomic mass is 10.0. The first-order chi connectivity index (χ1) is 14.9. The fourth-order valence-electron chi connectivity index (χ4n) is 4.16. The Morgan fingerprint density at radius 2 is 1.81 bits per heavy atom. The summed E-state index contributed by atoms with van der Waals surface area (Å²) in [6.07, 6.45) is 1.74. The predicted molar refractivity (Wildman–Crippen MR) is 118 cm³/mol. The summed E-state index contributed by atoms with van der Waals surface area (Å²) in [6.45, 7) is 9.55. The molecule has 1 saturated heterocycles. The van der Waals surface area contributed by atoms with Crippen LogP contribution >= 0.6 is 0 Å². The maximum atomic E-state index is 13.2. The van der Waals surface area contributed by atoms with E-state index in [1.807, 2.05) is 38.1 Å². The highest BCUT2D eigenvalue weighted by Gasteiger charge is 2.31. The van der Waals surface area contributed by atoms with Gasteiger partial charge in [-0.15, -0.1) is 0 Å². The van der Waals surface area contributed by atoms with Crippen molar-refractivity contribution in [2.75, 3.05) is 26.8 Å². The lowest BCUT2D eigenvalue weighted by Gasteiger charge is -2.35. The summed E-state index contributed by atoms with van der Waals surface area (Å²) in [6, 6.07) is 7.43. The third-order valence-corrected chi connectivity index (χ3v) is 5.92. The molecule has 0 radical (unpaired) electrons. The van der Waals surface area contributed by atoms with E-state index in [0.717, 1.165) is 37.4 Å². The second kappa shape index (κ2) is 10.0. The number of methoxy groups -OCH3 is 1. The molecule has 2 aromatic rings. The van der Waals surface area contributed by atoms with E-state index in [-0.39, 0.29) is 17.9 Å². The summed E-state index contributed by atoms with van der Waals surface area (Å²) < 4.78 is 16.7. The molecule has 1 unspecified atom stereocenters. The van der Waals surface area contributed by atoms with E-state index in [1.165, 1.54) is 7.11 Å². The number of hydrogen-bond acceptors (Lipinski definition) is 6. The largest absolute Gasteiger partial charge is 0.490 e. The number of likely N-dealkylation sites (tertiary alicyclic amines) is 1. The van der Waals surface area contributed by atoms with Gasteiger partial charge in [-0.2, -0.15) is 0 Å². The van der Waals surface area contributed by atoms with Crippen molar-refractivity contribution >= 4 is 11.8 Å². The number of rotatable bonds is 8. The van der Waals surface area contributed by atoms with Crippen LogP contribution in [0.5, 0.6) is 11.5 Å². The second-order valence-corrected chi connectivity index (χ2v) is 7.89. The number of nitrogens with zero attached hydrogens (tertiary/aromatic N) is 1. The summed E-state index contributed by atoms with van der Waals surface area (Å²) >= 11 is 0. The number of Topliss-reactive ketones (excluding diaryl/α,β-unsaturated/α-hetero) is 1. The highest BCUT2D eigenvalue weighted by Crippen LogP contribution is 2.30. The number of carbonyl (C=O) groups excluding carboxylic acids is 2. The maximum Gasteiger partial charge on any atom is 0.339 e. The van der Waals surface area contributed by atoms with Crippen molar-refractivity contribution < 1.29 is 23.8 Å². The quantitative estimate of drug-likeness (QED) is 0.507. The Labute approximate surface area is 183 Å². The molecule has 31 heavy (non-hydrogen) atoms. The third kappa shape index (κ3) is 4.93. The van der Waals surface area contributed by atoms with Gasteiger partial charge >= 0.3 is 5.97 Å². The molecule has 2 heterocycles. The van der Waals surface area contributed by atoms with Crippen LogP contribution in [0.2, 0.25) is 0 Å². The molecule has 7 heteroatoms. The molecular weight excluding hydrogens is 396 g/mol. The number of ether oxygens (including phenoxy) is 3. The van der Waals surface area contributed by atoms with Crippen LogP contribution in [0.1, 0.15) is 58.8 Å². The van der Waals surface area contributed by atoms with Gasteiger partial charge in [-0.25, -0.2) is 4.79 Å². The Hall–Kier alpha value is -2.80. The minimum Gasteiger partial charge on any atom is -0.490 e. The van der Waals surface area contributed by atoms with Crippen molar-refractivity contribution in [2.45, 2.75) is 52.7 Å². The minimum absolute atomic E-state index is 0.0168. The minimum atomic E-state index is -0.428. The molecule has 1 N–H and O–H groups in total. The zero-order valence-electron chi connectivity index (χ0n) is 19.0. The molecule has 1 fully saturated rings. The number of aromatic amines is 1. The zero-order chi connectivity index (χ0) is 22.5. The Kier molecular flexibility index (Phi) is 7.38. The fraction of sp³-hybridized carbons (Fsp3) is 0.500. The van der Waals surface area contributed by atoms with Crippen molar-refractivity contribution in [1.82, 2.24) is 9.88 Å². The van der Waals surface area contributed by atoms with Gasteiger partial charge in [0.2, 0.25) is 0 Å². The van der Waals surface area contributed by atoms with Crippen LogP contribution in [0.25, 0.3) is 0 Å². The number of para-hydroxylation sites is 2. The average Bonchev–Trinajstić information content (AvgIpc) is 3.08. The van der Waals surface area contributed by atoms with Crippen molar-refractivity contribution in [3.05, 3.63) is 46.8 Å². The van der Waals surface area contributed by atoms with E-state index in [9.17, 15) is 9.59 Å². The van der Waals surface area contributed by atoms with E-state index in [2.05, 4.69) is 9.88 Å². The lowest BCUT2D eigenvalue weighted by molar-refractivity contribution is 0.0599. The molecule has 1 atom stereocenters. The van der Waals surface area contributed by atoms with Crippen molar-refractivity contribution in [2.24, 2.45) is 0 Å². The molecule has 0 spiro atoms. The summed E-state index contributed by atoms with van der Waals surface area (Å²) in [5, 5.41) is 0. The number of esters is 1. The number of aryl methyl sites for hydroxylation is 1. The Bertz CT molecular complexity index is 928. The summed E-state index contributed by atoms with van der Waals surface area (Å²) in [5.74, 6) is 1.08. The first kappa shape index (κ1) is 22.9. The fourth-order valence-corrected chi connectivity index (χ4v) is 4.16. The van der Waals surface area contributed by atoms with Gasteiger partial charge in [0.25, 0.3) is 0 Å². The van der Waals surface area contributed by atoms with Gasteiger partial charge in [0.1, 0.15) is 6.10 Å². The van der Waals surface area contributed by atoms with Gasteiger partial charge in [-0.05, 0) is 58.2 Å². The normalized spacial score (nSPS) is 16.0. The SMILES string of the molecule is CCOc1ccccc1OC1CCN(C(C)C(=O)c2[nH]c(C)c(C(=O)OC)c2C)CC1. The third-order valence-electron chi connectivity index (χ3n) is 5.92. The van der Waals surface area contributed by atoms with Crippen LogP contribution < -0.4 is 9.47 Å². The number of piperidine rings is 1. The number of aromatic nitrogens is 1. The molecule has 0 bridgehead atoms. The van der Waals surface area contributed by atoms with Crippen molar-refractivity contribution in [3.63, 3.8) is 0 Å². The van der Waals surface area contributed by atoms with Crippen LogP contribution in [0.3, 0.4) is 0 Å². The number of ketones is 1. The molecule has 1 aliphatic heterocycles. The number of nitrogens with one attached hydrogen (secondary N) is 1. The first-order valence-electron chi connectivity index (χ1n) is 10.8. The molecule has 7 nitrogen and oxygen atoms in total. The zero-order valence-corrected chi connectivity index (χ0v) is 19.0. The molecule has 0 aliphatic carbocycles. The molecular formula is C24H32N2O5. The van der Waals surface area contributed by atoms with Crippen LogP contribution in [0.4, 0.5) is 0 Å². The highest BCUT2D eigenvalue weighted by molar-refractivity contribution is 6.03. The van der Waals surface area contributed by atoms with Crippen molar-refractivity contribution in [1.29, 1.82) is 0 Å².